The number of benzene rings is 1. The SMILES string of the molecule is O=C(O)C1(Oc2ccc(Br)cc2)CNC1. The van der Waals surface area contributed by atoms with Crippen LogP contribution in [0.15, 0.2) is 28.7 Å². The summed E-state index contributed by atoms with van der Waals surface area (Å²) in [6.07, 6.45) is 0. The van der Waals surface area contributed by atoms with E-state index in [1.54, 1.807) is 12.1 Å². The van der Waals surface area contributed by atoms with Crippen molar-refractivity contribution >= 4 is 21.9 Å². The van der Waals surface area contributed by atoms with Gasteiger partial charge in [-0.05, 0) is 24.3 Å². The largest absolute Gasteiger partial charge is 0.478 e. The number of rotatable bonds is 3. The number of carbonyl (C=O) groups is 1. The molecule has 1 heterocycles. The summed E-state index contributed by atoms with van der Waals surface area (Å²) in [5, 5.41) is 11.9. The van der Waals surface area contributed by atoms with Gasteiger partial charge in [0.1, 0.15) is 5.75 Å². The molecule has 0 unspecified atom stereocenters. The third-order valence-corrected chi connectivity index (χ3v) is 2.87. The second kappa shape index (κ2) is 3.83. The van der Waals surface area contributed by atoms with Gasteiger partial charge in [-0.1, -0.05) is 15.9 Å². The Morgan fingerprint density at radius 1 is 1.40 bits per heavy atom. The first kappa shape index (κ1) is 10.4. The number of hydrogen-bond donors (Lipinski definition) is 2. The summed E-state index contributed by atoms with van der Waals surface area (Å²) >= 11 is 3.30. The summed E-state index contributed by atoms with van der Waals surface area (Å²) in [7, 11) is 0. The minimum atomic E-state index is -1.09. The molecule has 0 aromatic heterocycles. The molecule has 15 heavy (non-hydrogen) atoms. The third kappa shape index (κ3) is 1.98. The molecule has 0 bridgehead atoms. The van der Waals surface area contributed by atoms with E-state index >= 15 is 0 Å². The Hall–Kier alpha value is -1.07. The van der Waals surface area contributed by atoms with Crippen LogP contribution in [0.25, 0.3) is 0 Å². The van der Waals surface area contributed by atoms with E-state index in [0.717, 1.165) is 4.47 Å². The lowest BCUT2D eigenvalue weighted by Gasteiger charge is -2.38. The summed E-state index contributed by atoms with van der Waals surface area (Å²) in [6, 6.07) is 7.12. The van der Waals surface area contributed by atoms with Crippen LogP contribution in [0.2, 0.25) is 0 Å². The van der Waals surface area contributed by atoms with Crippen molar-refractivity contribution in [3.63, 3.8) is 0 Å². The molecule has 0 aliphatic carbocycles. The lowest BCUT2D eigenvalue weighted by Crippen LogP contribution is -2.67. The van der Waals surface area contributed by atoms with Gasteiger partial charge in [-0.25, -0.2) is 4.79 Å². The van der Waals surface area contributed by atoms with Crippen LogP contribution in [0.4, 0.5) is 0 Å². The highest BCUT2D eigenvalue weighted by Crippen LogP contribution is 2.24. The van der Waals surface area contributed by atoms with Crippen LogP contribution in [-0.2, 0) is 4.79 Å². The average Bonchev–Trinajstić information content (AvgIpc) is 2.13. The highest BCUT2D eigenvalue weighted by atomic mass is 79.9. The van der Waals surface area contributed by atoms with Crippen molar-refractivity contribution in [3.8, 4) is 5.75 Å². The smallest absolute Gasteiger partial charge is 0.350 e. The van der Waals surface area contributed by atoms with Crippen LogP contribution in [0.5, 0.6) is 5.75 Å². The van der Waals surface area contributed by atoms with Crippen LogP contribution < -0.4 is 10.1 Å². The number of nitrogens with one attached hydrogen (secondary N) is 1. The summed E-state index contributed by atoms with van der Waals surface area (Å²) in [5.74, 6) is -0.355. The Morgan fingerprint density at radius 2 is 2.00 bits per heavy atom. The number of carboxylic acids is 1. The van der Waals surface area contributed by atoms with E-state index in [1.165, 1.54) is 0 Å². The molecular weight excluding hydrogens is 262 g/mol. The van der Waals surface area contributed by atoms with Gasteiger partial charge in [-0.15, -0.1) is 0 Å². The van der Waals surface area contributed by atoms with E-state index in [4.69, 9.17) is 9.84 Å². The summed E-state index contributed by atoms with van der Waals surface area (Å²) in [5.41, 5.74) is -1.09. The van der Waals surface area contributed by atoms with E-state index in [0.29, 0.717) is 18.8 Å². The number of ether oxygens (including phenoxy) is 1. The van der Waals surface area contributed by atoms with Crippen LogP contribution >= 0.6 is 15.9 Å². The topological polar surface area (TPSA) is 58.6 Å². The summed E-state index contributed by atoms with van der Waals surface area (Å²) in [4.78, 5) is 11.0. The minimum absolute atomic E-state index is 0.346. The van der Waals surface area contributed by atoms with E-state index < -0.39 is 11.6 Å². The average molecular weight is 272 g/mol. The molecule has 0 saturated carbocycles. The fourth-order valence-corrected chi connectivity index (χ4v) is 1.61. The highest BCUT2D eigenvalue weighted by molar-refractivity contribution is 9.10. The molecule has 80 valence electrons. The Bertz CT molecular complexity index is 373. The van der Waals surface area contributed by atoms with Crippen LogP contribution in [0, 0.1) is 0 Å². The second-order valence-corrected chi connectivity index (χ2v) is 4.37. The van der Waals surface area contributed by atoms with Crippen LogP contribution in [0.1, 0.15) is 0 Å². The molecule has 1 aromatic rings. The van der Waals surface area contributed by atoms with Crippen molar-refractivity contribution in [2.45, 2.75) is 5.60 Å². The van der Waals surface area contributed by atoms with Gasteiger partial charge in [0, 0.05) is 17.6 Å². The molecule has 1 aliphatic heterocycles. The Labute approximate surface area is 95.4 Å². The normalized spacial score (nSPS) is 17.9. The summed E-state index contributed by atoms with van der Waals surface area (Å²) < 4.78 is 6.41. The molecule has 5 heteroatoms. The van der Waals surface area contributed by atoms with Crippen molar-refractivity contribution < 1.29 is 14.6 Å². The Morgan fingerprint density at radius 3 is 2.40 bits per heavy atom. The number of carboxylic acid groups (broad SMARTS) is 1. The molecule has 0 amide bonds. The highest BCUT2D eigenvalue weighted by Gasteiger charge is 2.47. The molecule has 0 atom stereocenters. The molecule has 1 fully saturated rings. The number of halogens is 1. The van der Waals surface area contributed by atoms with Gasteiger partial charge in [0.2, 0.25) is 5.60 Å². The predicted octanol–water partition coefficient (Wildman–Crippen LogP) is 1.25. The van der Waals surface area contributed by atoms with E-state index in [9.17, 15) is 4.79 Å². The molecule has 0 spiro atoms. The quantitative estimate of drug-likeness (QED) is 0.869. The molecule has 1 aliphatic rings. The van der Waals surface area contributed by atoms with Crippen LogP contribution in [0.3, 0.4) is 0 Å². The zero-order valence-electron chi connectivity index (χ0n) is 7.87. The van der Waals surface area contributed by atoms with Gasteiger partial charge >= 0.3 is 5.97 Å². The van der Waals surface area contributed by atoms with E-state index in [2.05, 4.69) is 21.2 Å². The monoisotopic (exact) mass is 271 g/mol. The first-order chi connectivity index (χ1) is 7.12. The zero-order valence-corrected chi connectivity index (χ0v) is 9.45. The van der Waals surface area contributed by atoms with Crippen molar-refractivity contribution in [1.82, 2.24) is 5.32 Å². The molecule has 4 nitrogen and oxygen atoms in total. The van der Waals surface area contributed by atoms with Crippen molar-refractivity contribution in [3.05, 3.63) is 28.7 Å². The molecule has 1 saturated heterocycles. The van der Waals surface area contributed by atoms with Gasteiger partial charge in [0.25, 0.3) is 0 Å². The first-order valence-corrected chi connectivity index (χ1v) is 5.30. The van der Waals surface area contributed by atoms with Gasteiger partial charge < -0.3 is 15.2 Å². The first-order valence-electron chi connectivity index (χ1n) is 4.51. The van der Waals surface area contributed by atoms with E-state index in [-0.39, 0.29) is 0 Å². The number of hydrogen-bond acceptors (Lipinski definition) is 3. The lowest BCUT2D eigenvalue weighted by atomic mass is 9.97. The maximum absolute atomic E-state index is 11.0. The fourth-order valence-electron chi connectivity index (χ4n) is 1.35. The minimum Gasteiger partial charge on any atom is -0.478 e. The number of aliphatic carboxylic acids is 1. The maximum atomic E-state index is 11.0. The van der Waals surface area contributed by atoms with Gasteiger partial charge in [-0.2, -0.15) is 0 Å². The molecular formula is C10H10BrNO3. The lowest BCUT2D eigenvalue weighted by molar-refractivity contribution is -0.159. The third-order valence-electron chi connectivity index (χ3n) is 2.34. The molecule has 2 rings (SSSR count). The van der Waals surface area contributed by atoms with Crippen LogP contribution in [-0.4, -0.2) is 29.8 Å². The Balaban J connectivity index is 2.13. The standard InChI is InChI=1S/C10H10BrNO3/c11-7-1-3-8(4-2-7)15-10(9(13)14)5-12-6-10/h1-4,12H,5-6H2,(H,13,14). The van der Waals surface area contributed by atoms with Gasteiger partial charge in [-0.3, -0.25) is 0 Å². The molecule has 2 N–H and O–H groups in total. The zero-order chi connectivity index (χ0) is 10.9. The van der Waals surface area contributed by atoms with E-state index in [1.807, 2.05) is 12.1 Å². The van der Waals surface area contributed by atoms with Gasteiger partial charge in [0.15, 0.2) is 0 Å². The molecule has 0 radical (unpaired) electrons. The van der Waals surface area contributed by atoms with Crippen molar-refractivity contribution in [1.29, 1.82) is 0 Å². The van der Waals surface area contributed by atoms with Crippen molar-refractivity contribution in [2.24, 2.45) is 0 Å². The second-order valence-electron chi connectivity index (χ2n) is 3.46. The van der Waals surface area contributed by atoms with Crippen molar-refractivity contribution in [2.75, 3.05) is 13.1 Å². The van der Waals surface area contributed by atoms with Gasteiger partial charge in [0.05, 0.1) is 0 Å². The molecule has 1 aromatic carbocycles. The fraction of sp³-hybridized carbons (Fsp3) is 0.300. The Kier molecular flexibility index (Phi) is 2.67. The maximum Gasteiger partial charge on any atom is 0.350 e. The predicted molar refractivity (Wildman–Crippen MR) is 58.0 cm³/mol. The summed E-state index contributed by atoms with van der Waals surface area (Å²) in [6.45, 7) is 0.691.